The first-order chi connectivity index (χ1) is 10.7. The van der Waals surface area contributed by atoms with Crippen molar-refractivity contribution in [2.45, 2.75) is 31.2 Å². The molecule has 4 N–H and O–H groups in total. The lowest BCUT2D eigenvalue weighted by molar-refractivity contribution is -0.121. The number of aliphatic imine (C=N–C) groups is 1. The number of carbonyl (C=O) groups excluding carboxylic acids is 1. The molecule has 1 heterocycles. The third kappa shape index (κ3) is 4.06. The summed E-state index contributed by atoms with van der Waals surface area (Å²) in [5.74, 6) is 0.0484. The average Bonchev–Trinajstić information content (AvgIpc) is 2.76. The maximum absolute atomic E-state index is 12.1. The van der Waals surface area contributed by atoms with E-state index in [-0.39, 0.29) is 41.5 Å². The molecule has 0 aliphatic carbocycles. The van der Waals surface area contributed by atoms with Gasteiger partial charge in [0.2, 0.25) is 5.91 Å². The number of amides is 1. The Kier molecular flexibility index (Phi) is 6.38. The van der Waals surface area contributed by atoms with Crippen molar-refractivity contribution in [3.8, 4) is 0 Å². The second kappa shape index (κ2) is 7.50. The van der Waals surface area contributed by atoms with E-state index < -0.39 is 15.6 Å². The van der Waals surface area contributed by atoms with Crippen LogP contribution in [-0.4, -0.2) is 38.8 Å². The number of sulfonamides is 1. The summed E-state index contributed by atoms with van der Waals surface area (Å²) in [5, 5.41) is 2.86. The summed E-state index contributed by atoms with van der Waals surface area (Å²) in [6.45, 7) is 5.95. The van der Waals surface area contributed by atoms with Crippen molar-refractivity contribution < 1.29 is 13.2 Å². The molecule has 0 fully saturated rings. The zero-order chi connectivity index (χ0) is 17.3. The van der Waals surface area contributed by atoms with Crippen LogP contribution in [0.25, 0.3) is 0 Å². The van der Waals surface area contributed by atoms with Crippen LogP contribution in [0.2, 0.25) is 0 Å². The van der Waals surface area contributed by atoms with E-state index in [2.05, 4.69) is 15.0 Å². The number of halogens is 1. The first-order valence-electron chi connectivity index (χ1n) is 7.37. The number of hydrogen-bond acceptors (Lipinski definition) is 5. The molecule has 134 valence electrons. The van der Waals surface area contributed by atoms with Crippen molar-refractivity contribution in [1.82, 2.24) is 10.0 Å². The van der Waals surface area contributed by atoms with Gasteiger partial charge in [0.05, 0.1) is 10.4 Å². The molecule has 9 heteroatoms. The Hall–Kier alpha value is -1.64. The van der Waals surface area contributed by atoms with Gasteiger partial charge >= 0.3 is 0 Å². The van der Waals surface area contributed by atoms with Crippen molar-refractivity contribution >= 4 is 34.2 Å². The summed E-state index contributed by atoms with van der Waals surface area (Å²) in [6.07, 6.45) is 0. The largest absolute Gasteiger partial charge is 0.348 e. The fourth-order valence-electron chi connectivity index (χ4n) is 2.19. The topological polar surface area (TPSA) is 114 Å². The zero-order valence-corrected chi connectivity index (χ0v) is 15.5. The van der Waals surface area contributed by atoms with Gasteiger partial charge in [-0.25, -0.2) is 8.42 Å². The number of rotatable bonds is 5. The minimum atomic E-state index is -3.59. The molecule has 1 aromatic carbocycles. The molecule has 1 amide bonds. The van der Waals surface area contributed by atoms with Crippen molar-refractivity contribution in [3.63, 3.8) is 0 Å². The molecular weight excluding hydrogens is 352 g/mol. The van der Waals surface area contributed by atoms with Crippen molar-refractivity contribution in [1.29, 1.82) is 0 Å². The minimum Gasteiger partial charge on any atom is -0.348 e. The number of nitrogens with zero attached hydrogens (tertiary/aromatic N) is 1. The molecule has 0 radical (unpaired) electrons. The Bertz CT molecular complexity index is 749. The highest BCUT2D eigenvalue weighted by atomic mass is 35.5. The number of amidine groups is 1. The van der Waals surface area contributed by atoms with Gasteiger partial charge in [0.25, 0.3) is 10.0 Å². The van der Waals surface area contributed by atoms with Crippen LogP contribution in [0.15, 0.2) is 34.2 Å². The van der Waals surface area contributed by atoms with Crippen molar-refractivity contribution in [2.24, 2.45) is 16.6 Å². The predicted molar refractivity (Wildman–Crippen MR) is 95.9 cm³/mol. The average molecular weight is 375 g/mol. The maximum atomic E-state index is 12.1. The fourth-order valence-corrected chi connectivity index (χ4v) is 3.44. The second-order valence-corrected chi connectivity index (χ2v) is 7.74. The molecule has 1 aliphatic rings. The van der Waals surface area contributed by atoms with Crippen LogP contribution in [0.3, 0.4) is 0 Å². The Morgan fingerprint density at radius 2 is 2.00 bits per heavy atom. The Balaban J connectivity index is 0.00000288. The lowest BCUT2D eigenvalue weighted by Crippen LogP contribution is -2.55. The van der Waals surface area contributed by atoms with Crippen molar-refractivity contribution in [2.75, 3.05) is 13.1 Å². The van der Waals surface area contributed by atoms with E-state index in [0.29, 0.717) is 12.1 Å². The molecule has 2 rings (SSSR count). The monoisotopic (exact) mass is 374 g/mol. The third-order valence-electron chi connectivity index (χ3n) is 4.17. The lowest BCUT2D eigenvalue weighted by atomic mass is 9.88. The zero-order valence-electron chi connectivity index (χ0n) is 13.9. The third-order valence-corrected chi connectivity index (χ3v) is 5.56. The molecule has 0 bridgehead atoms. The van der Waals surface area contributed by atoms with Gasteiger partial charge in [-0.1, -0.05) is 26.0 Å². The van der Waals surface area contributed by atoms with E-state index in [4.69, 9.17) is 5.73 Å². The van der Waals surface area contributed by atoms with Gasteiger partial charge in [-0.2, -0.15) is 0 Å². The van der Waals surface area contributed by atoms with Crippen LogP contribution in [0.5, 0.6) is 0 Å². The highest BCUT2D eigenvalue weighted by Crippen LogP contribution is 2.22. The number of nitrogens with one attached hydrogen (secondary N) is 2. The summed E-state index contributed by atoms with van der Waals surface area (Å²) in [4.78, 5) is 16.4. The Morgan fingerprint density at radius 1 is 1.38 bits per heavy atom. The van der Waals surface area contributed by atoms with Gasteiger partial charge in [0.15, 0.2) is 0 Å². The summed E-state index contributed by atoms with van der Waals surface area (Å²) >= 11 is 0. The quantitative estimate of drug-likeness (QED) is 0.701. The van der Waals surface area contributed by atoms with E-state index in [0.717, 1.165) is 0 Å². The van der Waals surface area contributed by atoms with Crippen LogP contribution < -0.4 is 15.8 Å². The van der Waals surface area contributed by atoms with E-state index >= 15 is 0 Å². The second-order valence-electron chi connectivity index (χ2n) is 6.09. The molecule has 0 saturated carbocycles. The molecular formula is C15H23ClN4O3S. The van der Waals surface area contributed by atoms with Gasteiger partial charge in [-0.3, -0.25) is 14.5 Å². The van der Waals surface area contributed by atoms with Crippen LogP contribution in [0, 0.1) is 5.92 Å². The first kappa shape index (κ1) is 20.4. The van der Waals surface area contributed by atoms with Gasteiger partial charge in [-0.15, -0.1) is 12.4 Å². The van der Waals surface area contributed by atoms with Gasteiger partial charge < -0.3 is 11.1 Å². The molecule has 0 saturated heterocycles. The fraction of sp³-hybridized carbons (Fsp3) is 0.467. The molecule has 0 aromatic heterocycles. The van der Waals surface area contributed by atoms with E-state index in [1.54, 1.807) is 18.2 Å². The van der Waals surface area contributed by atoms with Gasteiger partial charge in [0.1, 0.15) is 12.4 Å². The standard InChI is InChI=1S/C15H22N4O3S.ClH/c1-10(2)15(3,9-16)18-13(20)8-17-14-11-6-4-5-7-12(11)23(21,22)19-14;/h4-7,10H,8-9,16H2,1-3H3,(H,17,19)(H,18,20);1H. The van der Waals surface area contributed by atoms with Crippen LogP contribution >= 0.6 is 12.4 Å². The first-order valence-corrected chi connectivity index (χ1v) is 8.85. The van der Waals surface area contributed by atoms with Crippen LogP contribution in [0.1, 0.15) is 26.3 Å². The number of benzene rings is 1. The number of nitrogens with two attached hydrogens (primary N) is 1. The number of carbonyl (C=O) groups is 1. The molecule has 7 nitrogen and oxygen atoms in total. The van der Waals surface area contributed by atoms with Crippen LogP contribution in [-0.2, 0) is 14.8 Å². The highest BCUT2D eigenvalue weighted by Gasteiger charge is 2.31. The maximum Gasteiger partial charge on any atom is 0.263 e. The normalized spacial score (nSPS) is 19.1. The molecule has 1 aromatic rings. The minimum absolute atomic E-state index is 0. The van der Waals surface area contributed by atoms with Crippen molar-refractivity contribution in [3.05, 3.63) is 29.8 Å². The van der Waals surface area contributed by atoms with E-state index in [1.165, 1.54) is 6.07 Å². The number of fused-ring (bicyclic) bond motifs is 1. The highest BCUT2D eigenvalue weighted by molar-refractivity contribution is 7.90. The van der Waals surface area contributed by atoms with Crippen LogP contribution in [0.4, 0.5) is 0 Å². The van der Waals surface area contributed by atoms with Gasteiger partial charge in [-0.05, 0) is 25.0 Å². The van der Waals surface area contributed by atoms with Gasteiger partial charge in [0, 0.05) is 12.1 Å². The lowest BCUT2D eigenvalue weighted by Gasteiger charge is -2.33. The SMILES string of the molecule is CC(C)C(C)(CN)NC(=O)CN=C1NS(=O)(=O)c2ccccc21.Cl. The van der Waals surface area contributed by atoms with E-state index in [1.807, 2.05) is 20.8 Å². The molecule has 1 atom stereocenters. The summed E-state index contributed by atoms with van der Waals surface area (Å²) in [5.41, 5.74) is 5.69. The predicted octanol–water partition coefficient (Wildman–Crippen LogP) is 0.637. The smallest absolute Gasteiger partial charge is 0.263 e. The summed E-state index contributed by atoms with van der Waals surface area (Å²) in [6, 6.07) is 6.52. The number of hydrogen-bond donors (Lipinski definition) is 3. The molecule has 24 heavy (non-hydrogen) atoms. The summed E-state index contributed by atoms with van der Waals surface area (Å²) in [7, 11) is -3.59. The summed E-state index contributed by atoms with van der Waals surface area (Å²) < 4.78 is 26.3. The molecule has 0 spiro atoms. The Morgan fingerprint density at radius 3 is 2.58 bits per heavy atom. The molecule has 1 aliphatic heterocycles. The molecule has 1 unspecified atom stereocenters. The van der Waals surface area contributed by atoms with E-state index in [9.17, 15) is 13.2 Å². The Labute approximate surface area is 148 Å².